The summed E-state index contributed by atoms with van der Waals surface area (Å²) in [6, 6.07) is 0. The van der Waals surface area contributed by atoms with Crippen LogP contribution in [-0.2, 0) is 10.0 Å². The van der Waals surface area contributed by atoms with Crippen molar-refractivity contribution in [2.75, 3.05) is 0 Å². The fraction of sp³-hybridized carbons (Fsp3) is 0.200. The zero-order valence-electron chi connectivity index (χ0n) is 5.60. The standard InChI is InChI=1S/C5H4N2O2S2/c1-3-4-5(10-2-6-4)11(8,9)7-3/h2H,1H3. The van der Waals surface area contributed by atoms with Gasteiger partial charge in [0.05, 0.1) is 11.2 Å². The number of hydrogen-bond donors (Lipinski definition) is 0. The predicted molar refractivity (Wildman–Crippen MR) is 41.5 cm³/mol. The van der Waals surface area contributed by atoms with Gasteiger partial charge in [-0.1, -0.05) is 0 Å². The van der Waals surface area contributed by atoms with Crippen LogP contribution in [-0.4, -0.2) is 19.1 Å². The van der Waals surface area contributed by atoms with Gasteiger partial charge < -0.3 is 0 Å². The smallest absolute Gasteiger partial charge is 0.242 e. The van der Waals surface area contributed by atoms with Crippen molar-refractivity contribution in [3.63, 3.8) is 0 Å². The lowest BCUT2D eigenvalue weighted by atomic mass is 10.3. The van der Waals surface area contributed by atoms with Crippen molar-refractivity contribution in [2.45, 2.75) is 11.1 Å². The molecule has 2 heterocycles. The molecule has 0 spiro atoms. The van der Waals surface area contributed by atoms with Crippen molar-refractivity contribution < 1.29 is 8.42 Å². The second-order valence-electron chi connectivity index (χ2n) is 2.14. The van der Waals surface area contributed by atoms with E-state index in [1.54, 1.807) is 6.92 Å². The summed E-state index contributed by atoms with van der Waals surface area (Å²) in [7, 11) is -3.37. The highest BCUT2D eigenvalue weighted by molar-refractivity contribution is 7.92. The number of nitrogens with zero attached hydrogens (tertiary/aromatic N) is 2. The van der Waals surface area contributed by atoms with E-state index in [4.69, 9.17) is 0 Å². The maximum absolute atomic E-state index is 11.1. The average Bonchev–Trinajstić information content (AvgIpc) is 2.37. The lowest BCUT2D eigenvalue weighted by molar-refractivity contribution is 0.601. The van der Waals surface area contributed by atoms with Crippen molar-refractivity contribution in [3.8, 4) is 0 Å². The molecule has 0 fully saturated rings. The van der Waals surface area contributed by atoms with E-state index in [2.05, 4.69) is 9.38 Å². The first kappa shape index (κ1) is 6.93. The number of fused-ring (bicyclic) bond motifs is 1. The Morgan fingerprint density at radius 2 is 2.27 bits per heavy atom. The van der Waals surface area contributed by atoms with E-state index >= 15 is 0 Å². The summed E-state index contributed by atoms with van der Waals surface area (Å²) < 4.78 is 26.0. The summed E-state index contributed by atoms with van der Waals surface area (Å²) in [6.07, 6.45) is 0. The van der Waals surface area contributed by atoms with E-state index < -0.39 is 10.0 Å². The van der Waals surface area contributed by atoms with Crippen LogP contribution in [0.1, 0.15) is 12.6 Å². The van der Waals surface area contributed by atoms with Crippen molar-refractivity contribution in [1.82, 2.24) is 4.98 Å². The van der Waals surface area contributed by atoms with E-state index in [-0.39, 0.29) is 4.21 Å². The molecule has 0 saturated heterocycles. The zero-order chi connectivity index (χ0) is 8.06. The third kappa shape index (κ3) is 0.827. The zero-order valence-corrected chi connectivity index (χ0v) is 7.24. The quantitative estimate of drug-likeness (QED) is 0.600. The fourth-order valence-electron chi connectivity index (χ4n) is 0.924. The SMILES string of the molecule is CC1=NS(=O)(=O)c2scnc21. The van der Waals surface area contributed by atoms with Crippen LogP contribution in [0.4, 0.5) is 0 Å². The Bertz CT molecular complexity index is 429. The highest BCUT2D eigenvalue weighted by Crippen LogP contribution is 2.28. The molecule has 0 N–H and O–H groups in total. The van der Waals surface area contributed by atoms with Gasteiger partial charge in [-0.15, -0.1) is 11.3 Å². The van der Waals surface area contributed by atoms with Gasteiger partial charge in [-0.25, -0.2) is 4.98 Å². The number of hydrogen-bond acceptors (Lipinski definition) is 4. The Hall–Kier alpha value is -0.750. The molecule has 0 saturated carbocycles. The highest BCUT2D eigenvalue weighted by Gasteiger charge is 2.29. The molecule has 58 valence electrons. The van der Waals surface area contributed by atoms with Gasteiger partial charge in [0.1, 0.15) is 5.69 Å². The molecule has 2 rings (SSSR count). The summed E-state index contributed by atoms with van der Waals surface area (Å²) >= 11 is 1.11. The van der Waals surface area contributed by atoms with E-state index in [0.29, 0.717) is 11.4 Å². The van der Waals surface area contributed by atoms with Gasteiger partial charge in [0, 0.05) is 0 Å². The lowest BCUT2D eigenvalue weighted by Crippen LogP contribution is -1.89. The predicted octanol–water partition coefficient (Wildman–Crippen LogP) is 0.654. The first-order valence-corrected chi connectivity index (χ1v) is 5.18. The molecule has 4 nitrogen and oxygen atoms in total. The number of aromatic nitrogens is 1. The van der Waals surface area contributed by atoms with Crippen LogP contribution in [0, 0.1) is 0 Å². The van der Waals surface area contributed by atoms with E-state index in [1.165, 1.54) is 5.51 Å². The molecule has 0 radical (unpaired) electrons. The molecule has 0 unspecified atom stereocenters. The van der Waals surface area contributed by atoms with Gasteiger partial charge in [-0.05, 0) is 6.92 Å². The highest BCUT2D eigenvalue weighted by atomic mass is 32.2. The Kier molecular flexibility index (Phi) is 1.19. The second kappa shape index (κ2) is 1.89. The average molecular weight is 188 g/mol. The number of sulfonamides is 1. The van der Waals surface area contributed by atoms with E-state index in [9.17, 15) is 8.42 Å². The van der Waals surface area contributed by atoms with Crippen molar-refractivity contribution >= 4 is 27.1 Å². The first-order valence-electron chi connectivity index (χ1n) is 2.87. The van der Waals surface area contributed by atoms with E-state index in [0.717, 1.165) is 11.3 Å². The van der Waals surface area contributed by atoms with Crippen LogP contribution in [0.25, 0.3) is 0 Å². The van der Waals surface area contributed by atoms with E-state index in [1.807, 2.05) is 0 Å². The van der Waals surface area contributed by atoms with Gasteiger partial charge in [-0.3, -0.25) is 0 Å². The summed E-state index contributed by atoms with van der Waals surface area (Å²) in [5.41, 5.74) is 2.51. The maximum atomic E-state index is 11.1. The van der Waals surface area contributed by atoms with Crippen molar-refractivity contribution in [2.24, 2.45) is 4.40 Å². The molecule has 0 aromatic carbocycles. The summed E-state index contributed by atoms with van der Waals surface area (Å²) in [5.74, 6) is 0. The molecule has 1 aromatic heterocycles. The van der Waals surface area contributed by atoms with Crippen LogP contribution < -0.4 is 0 Å². The fourth-order valence-corrected chi connectivity index (χ4v) is 3.19. The van der Waals surface area contributed by atoms with Crippen LogP contribution in [0.2, 0.25) is 0 Å². The summed E-state index contributed by atoms with van der Waals surface area (Å²) in [5, 5.41) is 0. The summed E-state index contributed by atoms with van der Waals surface area (Å²) in [4.78, 5) is 3.88. The van der Waals surface area contributed by atoms with Crippen LogP contribution in [0.15, 0.2) is 14.1 Å². The molecule has 0 aliphatic carbocycles. The van der Waals surface area contributed by atoms with Gasteiger partial charge in [0.2, 0.25) is 0 Å². The third-order valence-electron chi connectivity index (χ3n) is 1.37. The topological polar surface area (TPSA) is 59.4 Å². The first-order chi connectivity index (χ1) is 5.11. The molecule has 6 heteroatoms. The van der Waals surface area contributed by atoms with Gasteiger partial charge in [0.25, 0.3) is 10.0 Å². The number of rotatable bonds is 0. The minimum absolute atomic E-state index is 0.273. The normalized spacial score (nSPS) is 19.5. The molecule has 0 bridgehead atoms. The van der Waals surface area contributed by atoms with Gasteiger partial charge >= 0.3 is 0 Å². The molecular weight excluding hydrogens is 184 g/mol. The van der Waals surface area contributed by atoms with Crippen LogP contribution in [0.5, 0.6) is 0 Å². The Morgan fingerprint density at radius 1 is 1.55 bits per heavy atom. The third-order valence-corrected chi connectivity index (χ3v) is 4.08. The molecule has 1 aromatic rings. The largest absolute Gasteiger partial charge is 0.294 e. The van der Waals surface area contributed by atoms with Crippen LogP contribution >= 0.6 is 11.3 Å². The van der Waals surface area contributed by atoms with Gasteiger partial charge in [0.15, 0.2) is 4.21 Å². The molecular formula is C5H4N2O2S2. The molecule has 1 aliphatic rings. The Labute approximate surface area is 67.7 Å². The minimum atomic E-state index is -3.37. The van der Waals surface area contributed by atoms with Crippen molar-refractivity contribution in [3.05, 3.63) is 11.2 Å². The summed E-state index contributed by atoms with van der Waals surface area (Å²) in [6.45, 7) is 1.64. The second-order valence-corrected chi connectivity index (χ2v) is 4.79. The van der Waals surface area contributed by atoms with Crippen LogP contribution in [0.3, 0.4) is 0 Å². The lowest BCUT2D eigenvalue weighted by Gasteiger charge is -1.81. The Balaban J connectivity index is 2.87. The monoisotopic (exact) mass is 188 g/mol. The maximum Gasteiger partial charge on any atom is 0.294 e. The Morgan fingerprint density at radius 3 is 2.91 bits per heavy atom. The van der Waals surface area contributed by atoms with Crippen molar-refractivity contribution in [1.29, 1.82) is 0 Å². The molecule has 1 aliphatic heterocycles. The molecule has 0 amide bonds. The van der Waals surface area contributed by atoms with Gasteiger partial charge in [-0.2, -0.15) is 12.8 Å². The molecule has 0 atom stereocenters. The molecule has 11 heavy (non-hydrogen) atoms. The number of thiazole rings is 1. The minimum Gasteiger partial charge on any atom is -0.242 e.